The molecule has 30 heavy (non-hydrogen) atoms. The zero-order chi connectivity index (χ0) is 21.7. The molecular weight excluding hydrogens is 408 g/mol. The van der Waals surface area contributed by atoms with Gasteiger partial charge in [-0.1, -0.05) is 18.2 Å². The van der Waals surface area contributed by atoms with Crippen LogP contribution in [-0.2, 0) is 9.53 Å². The number of carbonyl (C=O) groups excluding carboxylic acids is 2. The molecule has 0 saturated carbocycles. The maximum Gasteiger partial charge on any atom is 0.269 e. The predicted molar refractivity (Wildman–Crippen MR) is 112 cm³/mol. The molecule has 1 aliphatic heterocycles. The molecule has 158 valence electrons. The van der Waals surface area contributed by atoms with Gasteiger partial charge in [0.05, 0.1) is 24.0 Å². The molecule has 9 nitrogen and oxygen atoms in total. The third kappa shape index (κ3) is 4.99. The van der Waals surface area contributed by atoms with Crippen molar-refractivity contribution in [3.05, 3.63) is 53.6 Å². The Morgan fingerprint density at radius 1 is 1.27 bits per heavy atom. The number of hydrogen-bond donors (Lipinski definition) is 2. The number of carbonyl (C=O) groups is 2. The lowest BCUT2D eigenvalue weighted by Gasteiger charge is -2.38. The summed E-state index contributed by atoms with van der Waals surface area (Å²) in [7, 11) is 3.35. The van der Waals surface area contributed by atoms with Gasteiger partial charge in [-0.05, 0) is 36.9 Å². The lowest BCUT2D eigenvalue weighted by atomic mass is 10.0. The largest absolute Gasteiger partial charge is 0.365 e. The Balaban J connectivity index is 1.95. The van der Waals surface area contributed by atoms with E-state index in [-0.39, 0.29) is 28.8 Å². The highest BCUT2D eigenvalue weighted by Gasteiger charge is 2.31. The zero-order valence-electron chi connectivity index (χ0n) is 16.8. The maximum absolute atomic E-state index is 12.2. The molecule has 0 unspecified atom stereocenters. The SMILES string of the molecule is C=CC(=O)N1C[C@@H](CNC)O[C@H](c2cc(Cl)nc(-c3cc(C(=O)NC)ncn3)c2)C1. The van der Waals surface area contributed by atoms with Crippen LogP contribution < -0.4 is 10.6 Å². The van der Waals surface area contributed by atoms with Gasteiger partial charge >= 0.3 is 0 Å². The summed E-state index contributed by atoms with van der Waals surface area (Å²) in [6.07, 6.45) is 2.00. The summed E-state index contributed by atoms with van der Waals surface area (Å²) in [5, 5.41) is 5.85. The Bertz CT molecular complexity index is 954. The van der Waals surface area contributed by atoms with Crippen molar-refractivity contribution in [3.8, 4) is 11.4 Å². The van der Waals surface area contributed by atoms with Gasteiger partial charge in [-0.25, -0.2) is 15.0 Å². The summed E-state index contributed by atoms with van der Waals surface area (Å²) >= 11 is 6.27. The van der Waals surface area contributed by atoms with Crippen LogP contribution in [0.1, 0.15) is 22.2 Å². The number of hydrogen-bond acceptors (Lipinski definition) is 7. The first-order chi connectivity index (χ1) is 14.4. The van der Waals surface area contributed by atoms with E-state index in [0.717, 1.165) is 5.56 Å². The number of ether oxygens (including phenoxy) is 1. The molecule has 2 aromatic rings. The second-order valence-corrected chi connectivity index (χ2v) is 7.12. The maximum atomic E-state index is 12.2. The molecule has 10 heteroatoms. The van der Waals surface area contributed by atoms with Gasteiger partial charge in [-0.2, -0.15) is 0 Å². The molecule has 1 saturated heterocycles. The molecule has 3 rings (SSSR count). The van der Waals surface area contributed by atoms with Crippen LogP contribution in [0.3, 0.4) is 0 Å². The minimum atomic E-state index is -0.402. The standard InChI is InChI=1S/C20H23ClN6O3/c1-4-19(28)27-9-13(8-22-2)30-17(10-27)12-5-15(26-18(21)6-12)14-7-16(20(29)23-3)25-11-24-14/h4-7,11,13,17,22H,1,8-10H2,2-3H3,(H,23,29)/t13-,17+/m1/s1. The van der Waals surface area contributed by atoms with Crippen molar-refractivity contribution in [3.63, 3.8) is 0 Å². The number of amides is 2. The first kappa shape index (κ1) is 21.8. The van der Waals surface area contributed by atoms with Gasteiger partial charge in [-0.15, -0.1) is 0 Å². The van der Waals surface area contributed by atoms with Crippen LogP contribution in [0.4, 0.5) is 0 Å². The number of morpholine rings is 1. The number of rotatable bonds is 6. The van der Waals surface area contributed by atoms with E-state index in [1.165, 1.54) is 19.5 Å². The number of pyridine rings is 1. The van der Waals surface area contributed by atoms with Gasteiger partial charge in [0, 0.05) is 20.1 Å². The summed E-state index contributed by atoms with van der Waals surface area (Å²) in [5.74, 6) is -0.485. The number of aromatic nitrogens is 3. The van der Waals surface area contributed by atoms with Gasteiger partial charge in [0.1, 0.15) is 23.3 Å². The molecular formula is C20H23ClN6O3. The Morgan fingerprint density at radius 3 is 2.77 bits per heavy atom. The second kappa shape index (κ2) is 9.75. The van der Waals surface area contributed by atoms with Crippen molar-refractivity contribution in [2.45, 2.75) is 12.2 Å². The lowest BCUT2D eigenvalue weighted by molar-refractivity contribution is -0.140. The molecule has 2 aromatic heterocycles. The fourth-order valence-electron chi connectivity index (χ4n) is 3.26. The van der Waals surface area contributed by atoms with E-state index in [0.29, 0.717) is 31.0 Å². The van der Waals surface area contributed by atoms with Crippen LogP contribution in [-0.4, -0.2) is 71.5 Å². The number of halogens is 1. The quantitative estimate of drug-likeness (QED) is 0.524. The third-order valence-corrected chi connectivity index (χ3v) is 4.86. The van der Waals surface area contributed by atoms with Crippen LogP contribution in [0.15, 0.2) is 37.2 Å². The second-order valence-electron chi connectivity index (χ2n) is 6.73. The van der Waals surface area contributed by atoms with Gasteiger partial charge in [0.15, 0.2) is 0 Å². The van der Waals surface area contributed by atoms with Gasteiger partial charge in [0.2, 0.25) is 5.91 Å². The van der Waals surface area contributed by atoms with Crippen molar-refractivity contribution in [2.75, 3.05) is 33.7 Å². The van der Waals surface area contributed by atoms with Crippen LogP contribution in [0.2, 0.25) is 5.15 Å². The Kier molecular flexibility index (Phi) is 7.09. The average molecular weight is 431 g/mol. The number of nitrogens with one attached hydrogen (secondary N) is 2. The van der Waals surface area contributed by atoms with Crippen LogP contribution in [0, 0.1) is 0 Å². The first-order valence-corrected chi connectivity index (χ1v) is 9.76. The van der Waals surface area contributed by atoms with Crippen LogP contribution >= 0.6 is 11.6 Å². The summed E-state index contributed by atoms with van der Waals surface area (Å²) in [4.78, 5) is 38.3. The fraction of sp³-hybridized carbons (Fsp3) is 0.350. The van der Waals surface area contributed by atoms with Crippen molar-refractivity contribution in [2.24, 2.45) is 0 Å². The molecule has 0 spiro atoms. The van der Waals surface area contributed by atoms with E-state index in [9.17, 15) is 9.59 Å². The van der Waals surface area contributed by atoms with E-state index < -0.39 is 6.10 Å². The molecule has 0 aromatic carbocycles. The van der Waals surface area contributed by atoms with E-state index in [2.05, 4.69) is 32.2 Å². The zero-order valence-corrected chi connectivity index (χ0v) is 17.5. The third-order valence-electron chi connectivity index (χ3n) is 4.66. The van der Waals surface area contributed by atoms with E-state index in [1.54, 1.807) is 23.1 Å². The predicted octanol–water partition coefficient (Wildman–Crippen LogP) is 1.23. The highest BCUT2D eigenvalue weighted by molar-refractivity contribution is 6.29. The number of likely N-dealkylation sites (N-methyl/N-ethyl adjacent to an activating group) is 1. The minimum absolute atomic E-state index is 0.157. The highest BCUT2D eigenvalue weighted by Crippen LogP contribution is 2.29. The van der Waals surface area contributed by atoms with Crippen molar-refractivity contribution in [1.82, 2.24) is 30.5 Å². The highest BCUT2D eigenvalue weighted by atomic mass is 35.5. The molecule has 0 aliphatic carbocycles. The Morgan fingerprint density at radius 2 is 2.07 bits per heavy atom. The van der Waals surface area contributed by atoms with Crippen LogP contribution in [0.5, 0.6) is 0 Å². The summed E-state index contributed by atoms with van der Waals surface area (Å²) in [5.41, 5.74) is 1.91. The molecule has 2 N–H and O–H groups in total. The van der Waals surface area contributed by atoms with Crippen molar-refractivity contribution in [1.29, 1.82) is 0 Å². The van der Waals surface area contributed by atoms with E-state index >= 15 is 0 Å². The molecule has 2 atom stereocenters. The number of nitrogens with zero attached hydrogens (tertiary/aromatic N) is 4. The molecule has 0 bridgehead atoms. The normalized spacial score (nSPS) is 18.7. The topological polar surface area (TPSA) is 109 Å². The Labute approximate surface area is 179 Å². The molecule has 3 heterocycles. The summed E-state index contributed by atoms with van der Waals surface area (Å²) in [6.45, 7) is 4.99. The van der Waals surface area contributed by atoms with Crippen molar-refractivity contribution >= 4 is 23.4 Å². The smallest absolute Gasteiger partial charge is 0.269 e. The van der Waals surface area contributed by atoms with Gasteiger partial charge in [0.25, 0.3) is 5.91 Å². The first-order valence-electron chi connectivity index (χ1n) is 9.38. The average Bonchev–Trinajstić information content (AvgIpc) is 2.77. The summed E-state index contributed by atoms with van der Waals surface area (Å²) in [6, 6.07) is 5.04. The van der Waals surface area contributed by atoms with Crippen molar-refractivity contribution < 1.29 is 14.3 Å². The van der Waals surface area contributed by atoms with E-state index in [4.69, 9.17) is 16.3 Å². The van der Waals surface area contributed by atoms with Gasteiger partial charge in [-0.3, -0.25) is 9.59 Å². The minimum Gasteiger partial charge on any atom is -0.365 e. The molecule has 1 aliphatic rings. The lowest BCUT2D eigenvalue weighted by Crippen LogP contribution is -2.49. The molecule has 0 radical (unpaired) electrons. The fourth-order valence-corrected chi connectivity index (χ4v) is 3.47. The molecule has 2 amide bonds. The monoisotopic (exact) mass is 430 g/mol. The summed E-state index contributed by atoms with van der Waals surface area (Å²) < 4.78 is 6.19. The Hall–Kier alpha value is -2.88. The van der Waals surface area contributed by atoms with Gasteiger partial charge < -0.3 is 20.3 Å². The molecule has 1 fully saturated rings. The van der Waals surface area contributed by atoms with Crippen LogP contribution in [0.25, 0.3) is 11.4 Å². The van der Waals surface area contributed by atoms with E-state index in [1.807, 2.05) is 7.05 Å².